The number of fused-ring (bicyclic) bond motifs is 1. The monoisotopic (exact) mass is 387 g/mol. The maximum Gasteiger partial charge on any atom is 0.341 e. The number of carbonyl (C=O) groups is 2. The molecule has 144 valence electrons. The van der Waals surface area contributed by atoms with Gasteiger partial charge in [-0.2, -0.15) is 0 Å². The number of aryl methyl sites for hydroxylation is 2. The maximum atomic E-state index is 12.7. The Kier molecular flexibility index (Phi) is 6.16. The molecule has 1 amide bonds. The highest BCUT2D eigenvalue weighted by Crippen LogP contribution is 2.38. The lowest BCUT2D eigenvalue weighted by atomic mass is 9.95. The smallest absolute Gasteiger partial charge is 0.341 e. The minimum atomic E-state index is -0.680. The molecule has 5 nitrogen and oxygen atoms in total. The van der Waals surface area contributed by atoms with Crippen molar-refractivity contribution in [2.45, 2.75) is 52.6 Å². The number of hydrogen-bond acceptors (Lipinski definition) is 5. The molecule has 0 aliphatic heterocycles. The quantitative estimate of drug-likeness (QED) is 0.740. The predicted molar refractivity (Wildman–Crippen MR) is 107 cm³/mol. The highest BCUT2D eigenvalue weighted by Gasteiger charge is 2.28. The molecule has 1 aliphatic carbocycles. The Morgan fingerprint density at radius 2 is 2.04 bits per heavy atom. The minimum absolute atomic E-state index is 0.277. The summed E-state index contributed by atoms with van der Waals surface area (Å²) >= 11 is 1.48. The van der Waals surface area contributed by atoms with Crippen LogP contribution < -0.4 is 10.1 Å². The molecule has 1 aromatic carbocycles. The van der Waals surface area contributed by atoms with Crippen molar-refractivity contribution in [2.75, 3.05) is 11.9 Å². The predicted octanol–water partition coefficient (Wildman–Crippen LogP) is 4.52. The zero-order valence-corrected chi connectivity index (χ0v) is 16.8. The molecule has 0 saturated heterocycles. The number of hydrogen-bond donors (Lipinski definition) is 1. The van der Waals surface area contributed by atoms with E-state index in [1.165, 1.54) is 16.2 Å². The van der Waals surface area contributed by atoms with Crippen molar-refractivity contribution in [1.29, 1.82) is 0 Å². The first-order chi connectivity index (χ1) is 13.0. The lowest BCUT2D eigenvalue weighted by Crippen LogP contribution is -2.30. The van der Waals surface area contributed by atoms with Gasteiger partial charge < -0.3 is 14.8 Å². The number of carbonyl (C=O) groups excluding carboxylic acids is 2. The highest BCUT2D eigenvalue weighted by molar-refractivity contribution is 7.17. The topological polar surface area (TPSA) is 64.6 Å². The number of nitrogens with one attached hydrogen (secondary N) is 1. The van der Waals surface area contributed by atoms with E-state index >= 15 is 0 Å². The summed E-state index contributed by atoms with van der Waals surface area (Å²) in [5, 5.41) is 3.47. The molecule has 1 heterocycles. The van der Waals surface area contributed by atoms with E-state index in [0.717, 1.165) is 36.8 Å². The number of ether oxygens (including phenoxy) is 2. The Morgan fingerprint density at radius 3 is 2.78 bits per heavy atom. The fourth-order valence-corrected chi connectivity index (χ4v) is 4.51. The maximum absolute atomic E-state index is 12.7. The number of amides is 1. The molecule has 1 N–H and O–H groups in total. The van der Waals surface area contributed by atoms with Crippen LogP contribution in [0.3, 0.4) is 0 Å². The van der Waals surface area contributed by atoms with Gasteiger partial charge in [-0.05, 0) is 69.7 Å². The zero-order valence-electron chi connectivity index (χ0n) is 16.0. The third kappa shape index (κ3) is 4.50. The van der Waals surface area contributed by atoms with Gasteiger partial charge in [-0.25, -0.2) is 4.79 Å². The van der Waals surface area contributed by atoms with Gasteiger partial charge in [0.15, 0.2) is 6.10 Å². The van der Waals surface area contributed by atoms with E-state index in [2.05, 4.69) is 5.32 Å². The summed E-state index contributed by atoms with van der Waals surface area (Å²) < 4.78 is 11.0. The summed E-state index contributed by atoms with van der Waals surface area (Å²) in [6, 6.07) is 7.57. The van der Waals surface area contributed by atoms with Crippen molar-refractivity contribution in [2.24, 2.45) is 0 Å². The van der Waals surface area contributed by atoms with Crippen LogP contribution in [0.5, 0.6) is 5.75 Å². The van der Waals surface area contributed by atoms with E-state index in [1.54, 1.807) is 13.8 Å². The highest BCUT2D eigenvalue weighted by atomic mass is 32.1. The molecule has 1 unspecified atom stereocenters. The molecule has 0 spiro atoms. The van der Waals surface area contributed by atoms with Crippen molar-refractivity contribution in [3.05, 3.63) is 45.8 Å². The molecule has 27 heavy (non-hydrogen) atoms. The van der Waals surface area contributed by atoms with Gasteiger partial charge in [0.1, 0.15) is 10.8 Å². The minimum Gasteiger partial charge on any atom is -0.481 e. The number of rotatable bonds is 6. The third-order valence-electron chi connectivity index (χ3n) is 4.56. The van der Waals surface area contributed by atoms with Gasteiger partial charge in [0.2, 0.25) is 0 Å². The summed E-state index contributed by atoms with van der Waals surface area (Å²) in [5.41, 5.74) is 2.62. The number of thiophene rings is 1. The fraction of sp³-hybridized carbons (Fsp3) is 0.429. The third-order valence-corrected chi connectivity index (χ3v) is 5.77. The Bertz CT molecular complexity index is 843. The average molecular weight is 388 g/mol. The van der Waals surface area contributed by atoms with Crippen LogP contribution >= 0.6 is 11.3 Å². The summed E-state index contributed by atoms with van der Waals surface area (Å²) in [7, 11) is 0. The molecule has 0 fully saturated rings. The largest absolute Gasteiger partial charge is 0.481 e. The molecule has 1 aromatic heterocycles. The van der Waals surface area contributed by atoms with Crippen LogP contribution in [0, 0.1) is 6.92 Å². The molecular weight excluding hydrogens is 362 g/mol. The first-order valence-electron chi connectivity index (χ1n) is 9.35. The van der Waals surface area contributed by atoms with E-state index in [0.29, 0.717) is 22.9 Å². The first-order valence-corrected chi connectivity index (χ1v) is 10.2. The van der Waals surface area contributed by atoms with Crippen LogP contribution in [0.4, 0.5) is 5.00 Å². The van der Waals surface area contributed by atoms with Gasteiger partial charge in [0.25, 0.3) is 5.91 Å². The summed E-state index contributed by atoms with van der Waals surface area (Å²) in [6.45, 7) is 5.77. The molecule has 1 aliphatic rings. The Morgan fingerprint density at radius 1 is 1.26 bits per heavy atom. The van der Waals surface area contributed by atoms with Crippen molar-refractivity contribution in [3.8, 4) is 5.75 Å². The van der Waals surface area contributed by atoms with Crippen LogP contribution in [0.2, 0.25) is 0 Å². The Hall–Kier alpha value is -2.34. The summed E-state index contributed by atoms with van der Waals surface area (Å²) in [4.78, 5) is 26.3. The molecular formula is C21H25NO4S. The molecule has 0 bridgehead atoms. The summed E-state index contributed by atoms with van der Waals surface area (Å²) in [5.74, 6) is 0.00819. The van der Waals surface area contributed by atoms with Crippen molar-refractivity contribution in [1.82, 2.24) is 0 Å². The normalized spacial score (nSPS) is 14.2. The first kappa shape index (κ1) is 19.4. The molecule has 2 aromatic rings. The number of anilines is 1. The second-order valence-corrected chi connectivity index (χ2v) is 7.81. The van der Waals surface area contributed by atoms with E-state index < -0.39 is 6.10 Å². The van der Waals surface area contributed by atoms with Crippen LogP contribution in [0.25, 0.3) is 0 Å². The van der Waals surface area contributed by atoms with Crippen LogP contribution in [0.1, 0.15) is 53.1 Å². The molecule has 3 rings (SSSR count). The molecule has 6 heteroatoms. The van der Waals surface area contributed by atoms with E-state index in [-0.39, 0.29) is 11.9 Å². The van der Waals surface area contributed by atoms with Gasteiger partial charge in [0, 0.05) is 4.88 Å². The fourth-order valence-electron chi connectivity index (χ4n) is 3.23. The van der Waals surface area contributed by atoms with Gasteiger partial charge >= 0.3 is 5.97 Å². The van der Waals surface area contributed by atoms with E-state index in [4.69, 9.17) is 9.47 Å². The Balaban J connectivity index is 1.78. The second kappa shape index (κ2) is 8.57. The zero-order chi connectivity index (χ0) is 19.4. The van der Waals surface area contributed by atoms with Crippen LogP contribution in [-0.4, -0.2) is 24.6 Å². The van der Waals surface area contributed by atoms with E-state index in [1.807, 2.05) is 31.2 Å². The van der Waals surface area contributed by atoms with Gasteiger partial charge in [0.05, 0.1) is 12.2 Å². The van der Waals surface area contributed by atoms with Gasteiger partial charge in [-0.3, -0.25) is 4.79 Å². The lowest BCUT2D eigenvalue weighted by Gasteiger charge is -2.15. The number of esters is 1. The van der Waals surface area contributed by atoms with Crippen molar-refractivity contribution in [3.63, 3.8) is 0 Å². The molecule has 0 saturated carbocycles. The van der Waals surface area contributed by atoms with E-state index in [9.17, 15) is 9.59 Å². The Labute approximate surface area is 163 Å². The molecule has 1 atom stereocenters. The number of benzene rings is 1. The molecule has 0 radical (unpaired) electrons. The van der Waals surface area contributed by atoms with Crippen molar-refractivity contribution < 1.29 is 19.1 Å². The second-order valence-electron chi connectivity index (χ2n) is 6.70. The van der Waals surface area contributed by atoms with Crippen LogP contribution in [-0.2, 0) is 22.4 Å². The SMILES string of the molecule is CCOC(=O)c1c(NC(=O)C(C)Oc2cccc(C)c2)sc2c1CCCC2. The van der Waals surface area contributed by atoms with Gasteiger partial charge in [-0.15, -0.1) is 11.3 Å². The lowest BCUT2D eigenvalue weighted by molar-refractivity contribution is -0.122. The summed E-state index contributed by atoms with van der Waals surface area (Å²) in [6.07, 6.45) is 3.27. The van der Waals surface area contributed by atoms with Gasteiger partial charge in [-0.1, -0.05) is 12.1 Å². The average Bonchev–Trinajstić information content (AvgIpc) is 2.99. The standard InChI is InChI=1S/C21H25NO4S/c1-4-25-21(24)18-16-10-5-6-11-17(16)27-20(18)22-19(23)14(3)26-15-9-7-8-13(2)12-15/h7-9,12,14H,4-6,10-11H2,1-3H3,(H,22,23). The van der Waals surface area contributed by atoms with Crippen LogP contribution in [0.15, 0.2) is 24.3 Å². The van der Waals surface area contributed by atoms with Crippen molar-refractivity contribution >= 4 is 28.2 Å².